The zero-order chi connectivity index (χ0) is 11.0. The molecule has 1 rings (SSSR count). The van der Waals surface area contributed by atoms with Gasteiger partial charge < -0.3 is 0 Å². The largest absolute Gasteiger partial charge is 0.265 e. The monoisotopic (exact) mass is 193 g/mol. The summed E-state index contributed by atoms with van der Waals surface area (Å²) in [5, 5.41) is 0. The number of pyridine rings is 1. The fraction of sp³-hybridized carbons (Fsp3) is 0.615. The minimum Gasteiger partial charge on any atom is -0.265 e. The van der Waals surface area contributed by atoms with E-state index >= 15 is 0 Å². The van der Waals surface area contributed by atoms with Crippen LogP contribution in [0.15, 0.2) is 30.6 Å². The summed E-state index contributed by atoms with van der Waals surface area (Å²) >= 11 is 0. The number of hydrogen-bond donors (Lipinski definition) is 0. The van der Waals surface area contributed by atoms with Gasteiger partial charge in [-0.25, -0.2) is 0 Å². The molecule has 0 aliphatic heterocycles. The van der Waals surface area contributed by atoms with Crippen molar-refractivity contribution in [2.24, 2.45) is 11.3 Å². The van der Waals surface area contributed by atoms with E-state index in [0.29, 0.717) is 5.41 Å². The van der Waals surface area contributed by atoms with Gasteiger partial charge in [-0.05, 0) is 29.9 Å². The lowest BCUT2D eigenvalue weighted by molar-refractivity contribution is 0.320. The van der Waals surface area contributed by atoms with E-state index in [1.165, 1.54) is 6.42 Å². The van der Waals surface area contributed by atoms with Crippen LogP contribution in [0.5, 0.6) is 0 Å². The minimum atomic E-state index is 0.522. The predicted molar refractivity (Wildman–Crippen MR) is 63.1 cm³/mol. The Morgan fingerprint density at radius 2 is 1.50 bits per heavy atom. The average Bonchev–Trinajstić information content (AvgIpc) is 2.03. The van der Waals surface area contributed by atoms with Crippen LogP contribution in [0.1, 0.15) is 41.0 Å². The highest BCUT2D eigenvalue weighted by Crippen LogP contribution is 2.23. The predicted octanol–water partition coefficient (Wildman–Crippen LogP) is 4.16. The van der Waals surface area contributed by atoms with E-state index in [0.717, 1.165) is 5.92 Å². The molecule has 1 aromatic heterocycles. The molecular weight excluding hydrogens is 170 g/mol. The number of nitrogens with zero attached hydrogens (tertiary/aromatic N) is 1. The van der Waals surface area contributed by atoms with Crippen molar-refractivity contribution in [3.8, 4) is 0 Å². The second-order valence-corrected chi connectivity index (χ2v) is 5.18. The van der Waals surface area contributed by atoms with Crippen molar-refractivity contribution in [2.45, 2.75) is 41.0 Å². The molecule has 0 saturated heterocycles. The first kappa shape index (κ1) is 13.2. The molecule has 14 heavy (non-hydrogen) atoms. The molecule has 0 fully saturated rings. The lowest BCUT2D eigenvalue weighted by atomic mass is 9.86. The lowest BCUT2D eigenvalue weighted by Gasteiger charge is -2.19. The molecule has 0 aliphatic rings. The average molecular weight is 193 g/mol. The Kier molecular flexibility index (Phi) is 6.18. The Hall–Kier alpha value is -0.850. The molecule has 0 aromatic carbocycles. The van der Waals surface area contributed by atoms with Crippen molar-refractivity contribution in [3.05, 3.63) is 30.6 Å². The maximum absolute atomic E-state index is 3.78. The highest BCUT2D eigenvalue weighted by atomic mass is 14.6. The number of hydrogen-bond acceptors (Lipinski definition) is 1. The Bertz CT molecular complexity index is 182. The molecule has 0 saturated carbocycles. The summed E-state index contributed by atoms with van der Waals surface area (Å²) in [6, 6.07) is 5.72. The molecule has 1 aromatic rings. The van der Waals surface area contributed by atoms with E-state index in [1.54, 1.807) is 12.4 Å². The van der Waals surface area contributed by atoms with Gasteiger partial charge >= 0.3 is 0 Å². The van der Waals surface area contributed by atoms with Crippen LogP contribution in [0.25, 0.3) is 0 Å². The van der Waals surface area contributed by atoms with Gasteiger partial charge in [-0.15, -0.1) is 0 Å². The fourth-order valence-corrected chi connectivity index (χ4v) is 1.54. The molecule has 0 amide bonds. The Labute approximate surface area is 88.6 Å². The van der Waals surface area contributed by atoms with Crippen LogP contribution in [-0.2, 0) is 0 Å². The van der Waals surface area contributed by atoms with Crippen molar-refractivity contribution in [3.63, 3.8) is 0 Å². The van der Waals surface area contributed by atoms with Gasteiger partial charge in [0.15, 0.2) is 0 Å². The Morgan fingerprint density at radius 3 is 1.57 bits per heavy atom. The maximum atomic E-state index is 3.78. The van der Waals surface area contributed by atoms with Gasteiger partial charge in [0.05, 0.1) is 0 Å². The van der Waals surface area contributed by atoms with Crippen LogP contribution in [0.2, 0.25) is 0 Å². The maximum Gasteiger partial charge on any atom is 0.0267 e. The standard InChI is InChI=1S/C8H18.C5H5N/c1-7(2)6-8(3,4)5;1-2-4-6-5-3-1/h7H,6H2,1-5H3;1-5H. The summed E-state index contributed by atoms with van der Waals surface area (Å²) in [6.07, 6.45) is 4.83. The molecular formula is C13H23N. The van der Waals surface area contributed by atoms with Crippen LogP contribution in [-0.4, -0.2) is 4.98 Å². The number of aromatic nitrogens is 1. The third-order valence-electron chi connectivity index (χ3n) is 1.59. The first-order valence-electron chi connectivity index (χ1n) is 5.27. The first-order chi connectivity index (χ1) is 6.42. The van der Waals surface area contributed by atoms with E-state index in [-0.39, 0.29) is 0 Å². The highest BCUT2D eigenvalue weighted by molar-refractivity contribution is 4.88. The third-order valence-corrected chi connectivity index (χ3v) is 1.59. The number of rotatable bonds is 1. The molecule has 1 nitrogen and oxygen atoms in total. The van der Waals surface area contributed by atoms with Gasteiger partial charge in [0, 0.05) is 12.4 Å². The van der Waals surface area contributed by atoms with Gasteiger partial charge in [-0.1, -0.05) is 40.7 Å². The molecule has 0 bridgehead atoms. The Balaban J connectivity index is 0.000000249. The molecule has 0 unspecified atom stereocenters. The smallest absolute Gasteiger partial charge is 0.0267 e. The zero-order valence-corrected chi connectivity index (χ0v) is 10.1. The second kappa shape index (κ2) is 6.58. The van der Waals surface area contributed by atoms with Gasteiger partial charge in [0.25, 0.3) is 0 Å². The van der Waals surface area contributed by atoms with Crippen molar-refractivity contribution >= 4 is 0 Å². The zero-order valence-electron chi connectivity index (χ0n) is 10.1. The first-order valence-corrected chi connectivity index (χ1v) is 5.27. The minimum absolute atomic E-state index is 0.522. The van der Waals surface area contributed by atoms with E-state index in [4.69, 9.17) is 0 Å². The van der Waals surface area contributed by atoms with Crippen molar-refractivity contribution < 1.29 is 0 Å². The van der Waals surface area contributed by atoms with Crippen LogP contribution < -0.4 is 0 Å². The van der Waals surface area contributed by atoms with Crippen LogP contribution in [0.4, 0.5) is 0 Å². The third kappa shape index (κ3) is 11.2. The van der Waals surface area contributed by atoms with E-state index < -0.39 is 0 Å². The molecule has 80 valence electrons. The van der Waals surface area contributed by atoms with Crippen molar-refractivity contribution in [2.75, 3.05) is 0 Å². The van der Waals surface area contributed by atoms with Crippen LogP contribution in [0, 0.1) is 11.3 Å². The van der Waals surface area contributed by atoms with Crippen LogP contribution >= 0.6 is 0 Å². The van der Waals surface area contributed by atoms with Crippen molar-refractivity contribution in [1.29, 1.82) is 0 Å². The molecule has 0 atom stereocenters. The molecule has 0 spiro atoms. The van der Waals surface area contributed by atoms with Crippen LogP contribution in [0.3, 0.4) is 0 Å². The van der Waals surface area contributed by atoms with Gasteiger partial charge in [0.2, 0.25) is 0 Å². The molecule has 0 aliphatic carbocycles. The highest BCUT2D eigenvalue weighted by Gasteiger charge is 2.11. The SMILES string of the molecule is CC(C)CC(C)(C)C.c1ccncc1. The summed E-state index contributed by atoms with van der Waals surface area (Å²) in [5.41, 5.74) is 0.522. The van der Waals surface area contributed by atoms with E-state index in [1.807, 2.05) is 18.2 Å². The molecule has 1 heterocycles. The molecule has 0 radical (unpaired) electrons. The van der Waals surface area contributed by atoms with E-state index in [2.05, 4.69) is 39.6 Å². The van der Waals surface area contributed by atoms with Gasteiger partial charge in [-0.2, -0.15) is 0 Å². The fourth-order valence-electron chi connectivity index (χ4n) is 1.54. The summed E-state index contributed by atoms with van der Waals surface area (Å²) in [7, 11) is 0. The van der Waals surface area contributed by atoms with E-state index in [9.17, 15) is 0 Å². The summed E-state index contributed by atoms with van der Waals surface area (Å²) in [6.45, 7) is 11.4. The van der Waals surface area contributed by atoms with Gasteiger partial charge in [0.1, 0.15) is 0 Å². The van der Waals surface area contributed by atoms with Crippen molar-refractivity contribution in [1.82, 2.24) is 4.98 Å². The Morgan fingerprint density at radius 1 is 1.00 bits per heavy atom. The normalized spacial score (nSPS) is 10.7. The molecule has 1 heteroatoms. The summed E-state index contributed by atoms with van der Waals surface area (Å²) < 4.78 is 0. The summed E-state index contributed by atoms with van der Waals surface area (Å²) in [4.78, 5) is 3.78. The quantitative estimate of drug-likeness (QED) is 0.652. The second-order valence-electron chi connectivity index (χ2n) is 5.18. The summed E-state index contributed by atoms with van der Waals surface area (Å²) in [5.74, 6) is 0.843. The van der Waals surface area contributed by atoms with Gasteiger partial charge in [-0.3, -0.25) is 4.98 Å². The molecule has 0 N–H and O–H groups in total. The topological polar surface area (TPSA) is 12.9 Å². The lowest BCUT2D eigenvalue weighted by Crippen LogP contribution is -2.08.